The van der Waals surface area contributed by atoms with Crippen molar-refractivity contribution in [2.24, 2.45) is 0 Å². The van der Waals surface area contributed by atoms with Gasteiger partial charge in [0.05, 0.1) is 5.56 Å². The highest BCUT2D eigenvalue weighted by atomic mass is 35.5. The van der Waals surface area contributed by atoms with Crippen LogP contribution in [0.2, 0.25) is 10.3 Å². The Hall–Kier alpha value is -2.88. The summed E-state index contributed by atoms with van der Waals surface area (Å²) in [6, 6.07) is 27.2. The molecule has 4 aromatic rings. The Morgan fingerprint density at radius 2 is 1.29 bits per heavy atom. The van der Waals surface area contributed by atoms with Gasteiger partial charge in [-0.3, -0.25) is 0 Å². The molecule has 1 aromatic heterocycles. The average molecular weight is 407 g/mol. The average Bonchev–Trinajstić information content (AvgIpc) is 2.73. The minimum Gasteiger partial charge on any atom is -0.489 e. The molecule has 28 heavy (non-hydrogen) atoms. The van der Waals surface area contributed by atoms with Gasteiger partial charge in [-0.1, -0.05) is 96.0 Å². The van der Waals surface area contributed by atoms with Gasteiger partial charge in [-0.2, -0.15) is 0 Å². The first-order chi connectivity index (χ1) is 13.7. The zero-order valence-electron chi connectivity index (χ0n) is 14.8. The van der Waals surface area contributed by atoms with Gasteiger partial charge in [0.25, 0.3) is 0 Å². The summed E-state index contributed by atoms with van der Waals surface area (Å²) < 4.78 is 5.89. The van der Waals surface area contributed by atoms with Gasteiger partial charge >= 0.3 is 0 Å². The molecule has 0 spiro atoms. The molecule has 0 atom stereocenters. The molecule has 138 valence electrons. The van der Waals surface area contributed by atoms with Crippen molar-refractivity contribution in [3.05, 3.63) is 101 Å². The molecule has 0 saturated carbocycles. The molecule has 0 aliphatic rings. The van der Waals surface area contributed by atoms with Crippen LogP contribution in [-0.4, -0.2) is 9.97 Å². The second-order valence-corrected chi connectivity index (χ2v) is 6.89. The van der Waals surface area contributed by atoms with E-state index >= 15 is 0 Å². The van der Waals surface area contributed by atoms with Crippen molar-refractivity contribution in [2.45, 2.75) is 6.61 Å². The molecule has 5 heteroatoms. The van der Waals surface area contributed by atoms with Gasteiger partial charge in [0.15, 0.2) is 5.82 Å². The summed E-state index contributed by atoms with van der Waals surface area (Å²) in [5, 5.41) is 0.633. The molecule has 4 rings (SSSR count). The van der Waals surface area contributed by atoms with E-state index in [9.17, 15) is 0 Å². The number of hydrogen-bond donors (Lipinski definition) is 0. The Kier molecular flexibility index (Phi) is 5.56. The molecule has 0 N–H and O–H groups in total. The van der Waals surface area contributed by atoms with Crippen molar-refractivity contribution in [3.8, 4) is 28.3 Å². The van der Waals surface area contributed by atoms with Crippen LogP contribution in [0.3, 0.4) is 0 Å². The van der Waals surface area contributed by atoms with Gasteiger partial charge < -0.3 is 4.74 Å². The van der Waals surface area contributed by atoms with Crippen molar-refractivity contribution in [1.29, 1.82) is 0 Å². The number of nitrogens with zero attached hydrogens (tertiary/aromatic N) is 2. The van der Waals surface area contributed by atoms with Crippen molar-refractivity contribution < 1.29 is 4.74 Å². The first-order valence-corrected chi connectivity index (χ1v) is 9.52. The summed E-state index contributed by atoms with van der Waals surface area (Å²) in [5.74, 6) is 1.18. The van der Waals surface area contributed by atoms with Gasteiger partial charge in [0.1, 0.15) is 22.7 Å². The second-order valence-electron chi connectivity index (χ2n) is 6.17. The number of hydrogen-bond acceptors (Lipinski definition) is 3. The normalized spacial score (nSPS) is 10.6. The third kappa shape index (κ3) is 4.16. The zero-order valence-corrected chi connectivity index (χ0v) is 16.4. The van der Waals surface area contributed by atoms with E-state index in [0.29, 0.717) is 28.3 Å². The van der Waals surface area contributed by atoms with Crippen LogP contribution in [0.4, 0.5) is 0 Å². The predicted molar refractivity (Wildman–Crippen MR) is 114 cm³/mol. The number of aromatic nitrogens is 2. The van der Waals surface area contributed by atoms with Crippen LogP contribution in [0.5, 0.6) is 5.75 Å². The molecule has 0 unspecified atom stereocenters. The van der Waals surface area contributed by atoms with Crippen LogP contribution in [0.15, 0.2) is 84.9 Å². The maximum atomic E-state index is 6.43. The third-order valence-corrected chi connectivity index (χ3v) is 4.77. The molecule has 0 amide bonds. The maximum absolute atomic E-state index is 6.43. The van der Waals surface area contributed by atoms with Crippen molar-refractivity contribution in [3.63, 3.8) is 0 Å². The summed E-state index contributed by atoms with van der Waals surface area (Å²) in [4.78, 5) is 8.91. The Bertz CT molecular complexity index is 1060. The number of benzene rings is 3. The SMILES string of the molecule is Clc1nc(-c2cccc(OCc3ccccc3)c2)nc(Cl)c1-c1ccccc1. The van der Waals surface area contributed by atoms with Crippen LogP contribution in [-0.2, 0) is 6.61 Å². The highest BCUT2D eigenvalue weighted by molar-refractivity contribution is 6.37. The van der Waals surface area contributed by atoms with E-state index in [-0.39, 0.29) is 0 Å². The minimum absolute atomic E-state index is 0.316. The molecular formula is C23H16Cl2N2O. The quantitative estimate of drug-likeness (QED) is 0.346. The molecule has 0 fully saturated rings. The summed E-state index contributed by atoms with van der Waals surface area (Å²) in [6.45, 7) is 0.486. The van der Waals surface area contributed by atoms with E-state index in [2.05, 4.69) is 9.97 Å². The van der Waals surface area contributed by atoms with E-state index in [1.54, 1.807) is 0 Å². The first kappa shape index (κ1) is 18.5. The highest BCUT2D eigenvalue weighted by Crippen LogP contribution is 2.34. The van der Waals surface area contributed by atoms with Crippen LogP contribution in [0.25, 0.3) is 22.5 Å². The van der Waals surface area contributed by atoms with Crippen LogP contribution < -0.4 is 4.74 Å². The summed E-state index contributed by atoms with van der Waals surface area (Å²) in [5.41, 5.74) is 3.39. The van der Waals surface area contributed by atoms with E-state index in [1.807, 2.05) is 84.9 Å². The van der Waals surface area contributed by atoms with Gasteiger partial charge in [-0.05, 0) is 23.3 Å². The standard InChI is InChI=1S/C23H16Cl2N2O/c24-21-20(17-10-5-2-6-11-17)22(25)27-23(26-21)18-12-7-13-19(14-18)28-15-16-8-3-1-4-9-16/h1-14H,15H2. The fourth-order valence-electron chi connectivity index (χ4n) is 2.85. The maximum Gasteiger partial charge on any atom is 0.162 e. The lowest BCUT2D eigenvalue weighted by atomic mass is 10.1. The molecule has 3 nitrogen and oxygen atoms in total. The Balaban J connectivity index is 1.61. The molecule has 0 bridgehead atoms. The highest BCUT2D eigenvalue weighted by Gasteiger charge is 2.15. The van der Waals surface area contributed by atoms with Crippen molar-refractivity contribution in [2.75, 3.05) is 0 Å². The van der Waals surface area contributed by atoms with E-state index in [4.69, 9.17) is 27.9 Å². The monoisotopic (exact) mass is 406 g/mol. The fourth-order valence-corrected chi connectivity index (χ4v) is 3.45. The van der Waals surface area contributed by atoms with E-state index in [1.165, 1.54) is 0 Å². The molecular weight excluding hydrogens is 391 g/mol. The summed E-state index contributed by atoms with van der Waals surface area (Å²) in [6.07, 6.45) is 0. The van der Waals surface area contributed by atoms with Gasteiger partial charge in [-0.15, -0.1) is 0 Å². The van der Waals surface area contributed by atoms with Gasteiger partial charge in [0, 0.05) is 5.56 Å². The Labute approximate surface area is 173 Å². The smallest absolute Gasteiger partial charge is 0.162 e. The predicted octanol–water partition coefficient (Wildman–Crippen LogP) is 6.70. The van der Waals surface area contributed by atoms with E-state index < -0.39 is 0 Å². The number of halogens is 2. The van der Waals surface area contributed by atoms with Crippen LogP contribution in [0, 0.1) is 0 Å². The number of ether oxygens (including phenoxy) is 1. The topological polar surface area (TPSA) is 35.0 Å². The fraction of sp³-hybridized carbons (Fsp3) is 0.0435. The van der Waals surface area contributed by atoms with Crippen LogP contribution in [0.1, 0.15) is 5.56 Å². The lowest BCUT2D eigenvalue weighted by molar-refractivity contribution is 0.306. The number of rotatable bonds is 5. The van der Waals surface area contributed by atoms with E-state index in [0.717, 1.165) is 22.4 Å². The third-order valence-electron chi connectivity index (χ3n) is 4.22. The molecule has 0 radical (unpaired) electrons. The molecule has 0 aliphatic carbocycles. The molecule has 1 heterocycles. The first-order valence-electron chi connectivity index (χ1n) is 8.76. The van der Waals surface area contributed by atoms with Gasteiger partial charge in [-0.25, -0.2) is 9.97 Å². The summed E-state index contributed by atoms with van der Waals surface area (Å²) in [7, 11) is 0. The zero-order chi connectivity index (χ0) is 19.3. The molecule has 3 aromatic carbocycles. The minimum atomic E-state index is 0.316. The Morgan fingerprint density at radius 1 is 0.679 bits per heavy atom. The lowest BCUT2D eigenvalue weighted by Gasteiger charge is -2.10. The summed E-state index contributed by atoms with van der Waals surface area (Å²) >= 11 is 12.9. The van der Waals surface area contributed by atoms with Crippen LogP contribution >= 0.6 is 23.2 Å². The van der Waals surface area contributed by atoms with Crippen molar-refractivity contribution in [1.82, 2.24) is 9.97 Å². The Morgan fingerprint density at radius 3 is 1.96 bits per heavy atom. The molecule has 0 saturated heterocycles. The largest absolute Gasteiger partial charge is 0.489 e. The second kappa shape index (κ2) is 8.42. The van der Waals surface area contributed by atoms with Crippen molar-refractivity contribution >= 4 is 23.2 Å². The van der Waals surface area contributed by atoms with Gasteiger partial charge in [0.2, 0.25) is 0 Å². The molecule has 0 aliphatic heterocycles. The lowest BCUT2D eigenvalue weighted by Crippen LogP contribution is -1.97.